The van der Waals surface area contributed by atoms with E-state index in [0.29, 0.717) is 6.54 Å². The Labute approximate surface area is 101 Å². The lowest BCUT2D eigenvalue weighted by molar-refractivity contribution is 0.243. The maximum atomic E-state index is 5.55. The van der Waals surface area contributed by atoms with E-state index in [0.717, 1.165) is 32.1 Å². The van der Waals surface area contributed by atoms with Crippen molar-refractivity contribution >= 4 is 8.56 Å². The highest BCUT2D eigenvalue weighted by Gasteiger charge is 2.27. The molecule has 0 fully saturated rings. The molecule has 0 aliphatic heterocycles. The van der Waals surface area contributed by atoms with Crippen molar-refractivity contribution in [2.45, 2.75) is 19.0 Å². The Morgan fingerprint density at radius 2 is 1.94 bits per heavy atom. The van der Waals surface area contributed by atoms with E-state index in [9.17, 15) is 0 Å². The molecule has 2 N–H and O–H groups in total. The molecule has 0 atom stereocenters. The lowest BCUT2D eigenvalue weighted by Gasteiger charge is -2.25. The Hall–Kier alpha value is -0.203. The van der Waals surface area contributed by atoms with Crippen molar-refractivity contribution in [2.75, 3.05) is 40.4 Å². The van der Waals surface area contributed by atoms with E-state index in [4.69, 9.17) is 14.6 Å². The summed E-state index contributed by atoms with van der Waals surface area (Å²) >= 11 is 0. The Balaban J connectivity index is 3.87. The van der Waals surface area contributed by atoms with Crippen molar-refractivity contribution in [3.8, 4) is 0 Å². The van der Waals surface area contributed by atoms with Gasteiger partial charge in [0.15, 0.2) is 0 Å². The molecule has 0 unspecified atom stereocenters. The van der Waals surface area contributed by atoms with Gasteiger partial charge in [-0.1, -0.05) is 6.08 Å². The third-order valence-electron chi connectivity index (χ3n) is 2.80. The van der Waals surface area contributed by atoms with Gasteiger partial charge in [0.1, 0.15) is 0 Å². The van der Waals surface area contributed by atoms with Gasteiger partial charge in [-0.2, -0.15) is 0 Å². The van der Waals surface area contributed by atoms with Gasteiger partial charge in [-0.15, -0.1) is 6.58 Å². The fourth-order valence-electron chi connectivity index (χ4n) is 1.57. The van der Waals surface area contributed by atoms with Gasteiger partial charge in [0, 0.05) is 33.9 Å². The normalized spacial score (nSPS) is 12.1. The van der Waals surface area contributed by atoms with Gasteiger partial charge in [0.05, 0.1) is 0 Å². The van der Waals surface area contributed by atoms with E-state index in [1.54, 1.807) is 14.2 Å². The molecule has 0 aromatic heterocycles. The first kappa shape index (κ1) is 15.8. The third kappa shape index (κ3) is 6.39. The van der Waals surface area contributed by atoms with Crippen molar-refractivity contribution < 1.29 is 8.85 Å². The van der Waals surface area contributed by atoms with Crippen LogP contribution >= 0.6 is 0 Å². The van der Waals surface area contributed by atoms with Crippen molar-refractivity contribution in [3.05, 3.63) is 12.7 Å². The van der Waals surface area contributed by atoms with E-state index >= 15 is 0 Å². The number of rotatable bonds is 10. The van der Waals surface area contributed by atoms with Gasteiger partial charge in [-0.3, -0.25) is 4.90 Å². The average Bonchev–Trinajstić information content (AvgIpc) is 2.29. The fraction of sp³-hybridized carbons (Fsp3) is 0.818. The van der Waals surface area contributed by atoms with E-state index < -0.39 is 8.56 Å². The molecule has 0 saturated carbocycles. The van der Waals surface area contributed by atoms with Crippen molar-refractivity contribution in [1.82, 2.24) is 4.90 Å². The minimum absolute atomic E-state index is 0.692. The molecule has 0 aromatic carbocycles. The fourth-order valence-corrected chi connectivity index (χ4v) is 2.95. The predicted octanol–water partition coefficient (Wildman–Crippen LogP) is 1.19. The molecule has 5 heteroatoms. The first-order valence-corrected chi connectivity index (χ1v) is 8.28. The molecule has 0 rings (SSSR count). The monoisotopic (exact) mass is 246 g/mol. The number of hydrogen-bond acceptors (Lipinski definition) is 4. The molecular formula is C11H26N2O2Si. The van der Waals surface area contributed by atoms with Crippen LogP contribution in [0.4, 0.5) is 0 Å². The zero-order valence-corrected chi connectivity index (χ0v) is 11.9. The van der Waals surface area contributed by atoms with Crippen molar-refractivity contribution in [3.63, 3.8) is 0 Å². The molecule has 0 spiro atoms. The van der Waals surface area contributed by atoms with Crippen LogP contribution in [-0.2, 0) is 8.85 Å². The van der Waals surface area contributed by atoms with Crippen molar-refractivity contribution in [1.29, 1.82) is 0 Å². The highest BCUT2D eigenvalue weighted by atomic mass is 28.4. The van der Waals surface area contributed by atoms with Crippen LogP contribution in [-0.4, -0.2) is 53.9 Å². The van der Waals surface area contributed by atoms with E-state index in [2.05, 4.69) is 18.0 Å². The smallest absolute Gasteiger partial charge is 0.334 e. The largest absolute Gasteiger partial charge is 0.398 e. The molecule has 0 amide bonds. The standard InChI is InChI=1S/C11H26N2O2Si/c1-5-8-13(10-7-12)9-6-11-16(4,14-2)15-3/h5H,1,6-12H2,2-4H3. The SMILES string of the molecule is C=CCN(CCN)CCC[Si](C)(OC)OC. The van der Waals surface area contributed by atoms with Gasteiger partial charge in [-0.05, 0) is 25.6 Å². The zero-order valence-electron chi connectivity index (χ0n) is 10.9. The highest BCUT2D eigenvalue weighted by molar-refractivity contribution is 6.65. The number of nitrogens with two attached hydrogens (primary N) is 1. The molecule has 0 aromatic rings. The average molecular weight is 246 g/mol. The summed E-state index contributed by atoms with van der Waals surface area (Å²) in [4.78, 5) is 2.30. The molecule has 0 radical (unpaired) electrons. The number of hydrogen-bond donors (Lipinski definition) is 1. The molecule has 0 aliphatic carbocycles. The topological polar surface area (TPSA) is 47.7 Å². The maximum Gasteiger partial charge on any atom is 0.334 e. The molecule has 96 valence electrons. The van der Waals surface area contributed by atoms with Crippen LogP contribution in [0.2, 0.25) is 12.6 Å². The molecule has 4 nitrogen and oxygen atoms in total. The van der Waals surface area contributed by atoms with Crippen LogP contribution < -0.4 is 5.73 Å². The zero-order chi connectivity index (χ0) is 12.4. The third-order valence-corrected chi connectivity index (χ3v) is 5.79. The predicted molar refractivity (Wildman–Crippen MR) is 70.8 cm³/mol. The number of nitrogens with zero attached hydrogens (tertiary/aromatic N) is 1. The van der Waals surface area contributed by atoms with E-state index in [-0.39, 0.29) is 0 Å². The first-order chi connectivity index (χ1) is 7.61. The summed E-state index contributed by atoms with van der Waals surface area (Å²) < 4.78 is 10.9. The highest BCUT2D eigenvalue weighted by Crippen LogP contribution is 2.13. The quantitative estimate of drug-likeness (QED) is 0.465. The Bertz CT molecular complexity index is 187. The van der Waals surface area contributed by atoms with Gasteiger partial charge < -0.3 is 14.6 Å². The van der Waals surface area contributed by atoms with Crippen LogP contribution in [0, 0.1) is 0 Å². The van der Waals surface area contributed by atoms with Gasteiger partial charge >= 0.3 is 8.56 Å². The summed E-state index contributed by atoms with van der Waals surface area (Å²) in [6, 6.07) is 1.01. The van der Waals surface area contributed by atoms with Crippen LogP contribution in [0.1, 0.15) is 6.42 Å². The van der Waals surface area contributed by atoms with Crippen LogP contribution in [0.5, 0.6) is 0 Å². The Morgan fingerprint density at radius 1 is 1.31 bits per heavy atom. The van der Waals surface area contributed by atoms with Gasteiger partial charge in [-0.25, -0.2) is 0 Å². The van der Waals surface area contributed by atoms with Gasteiger partial charge in [0.2, 0.25) is 0 Å². The first-order valence-electron chi connectivity index (χ1n) is 5.75. The molecule has 0 saturated heterocycles. The molecular weight excluding hydrogens is 220 g/mol. The maximum absolute atomic E-state index is 5.55. The summed E-state index contributed by atoms with van der Waals surface area (Å²) in [5.41, 5.74) is 5.55. The second-order valence-corrected chi connectivity index (χ2v) is 7.61. The van der Waals surface area contributed by atoms with Crippen LogP contribution in [0.3, 0.4) is 0 Å². The second-order valence-electron chi connectivity index (χ2n) is 4.02. The molecule has 0 aliphatic rings. The molecule has 16 heavy (non-hydrogen) atoms. The summed E-state index contributed by atoms with van der Waals surface area (Å²) in [6.07, 6.45) is 3.00. The van der Waals surface area contributed by atoms with E-state index in [1.807, 2.05) is 6.08 Å². The molecule has 0 heterocycles. The Morgan fingerprint density at radius 3 is 2.38 bits per heavy atom. The lowest BCUT2D eigenvalue weighted by Crippen LogP contribution is -2.37. The van der Waals surface area contributed by atoms with Crippen molar-refractivity contribution in [2.24, 2.45) is 5.73 Å². The summed E-state index contributed by atoms with van der Waals surface area (Å²) in [5, 5.41) is 0. The van der Waals surface area contributed by atoms with Crippen LogP contribution in [0.25, 0.3) is 0 Å². The minimum Gasteiger partial charge on any atom is -0.398 e. The summed E-state index contributed by atoms with van der Waals surface area (Å²) in [7, 11) is 1.57. The van der Waals surface area contributed by atoms with Gasteiger partial charge in [0.25, 0.3) is 0 Å². The summed E-state index contributed by atoms with van der Waals surface area (Å²) in [6.45, 7) is 9.38. The second kappa shape index (κ2) is 8.89. The minimum atomic E-state index is -1.89. The summed E-state index contributed by atoms with van der Waals surface area (Å²) in [5.74, 6) is 0. The Kier molecular flexibility index (Phi) is 8.78. The molecule has 0 bridgehead atoms. The van der Waals surface area contributed by atoms with Crippen LogP contribution in [0.15, 0.2) is 12.7 Å². The lowest BCUT2D eigenvalue weighted by atomic mass is 10.4. The van der Waals surface area contributed by atoms with E-state index in [1.165, 1.54) is 0 Å².